The Kier molecular flexibility index (Phi) is 4.15. The maximum Gasteiger partial charge on any atom is 0.404 e. The van der Waals surface area contributed by atoms with E-state index in [1.807, 2.05) is 12.1 Å². The molecular formula is C14H16N2O2. The number of carbonyl (C=O) groups excluding carboxylic acids is 1. The van der Waals surface area contributed by atoms with Crippen molar-refractivity contribution in [3.63, 3.8) is 0 Å². The lowest BCUT2D eigenvalue weighted by molar-refractivity contribution is 0.157. The molecule has 18 heavy (non-hydrogen) atoms. The second-order valence-electron chi connectivity index (χ2n) is 4.03. The number of hydrogen-bond acceptors (Lipinski definition) is 3. The van der Waals surface area contributed by atoms with Crippen LogP contribution in [0.15, 0.2) is 42.5 Å². The molecule has 0 heterocycles. The van der Waals surface area contributed by atoms with Crippen molar-refractivity contribution in [2.45, 2.75) is 6.54 Å². The number of nitrogens with two attached hydrogens (primary N) is 1. The third-order valence-corrected chi connectivity index (χ3v) is 2.67. The van der Waals surface area contributed by atoms with Gasteiger partial charge in [-0.25, -0.2) is 4.79 Å². The summed E-state index contributed by atoms with van der Waals surface area (Å²) in [5.41, 5.74) is 6.06. The molecule has 2 rings (SSSR count). The highest BCUT2D eigenvalue weighted by Gasteiger charge is 1.97. The molecule has 0 saturated heterocycles. The quantitative estimate of drug-likeness (QED) is 0.791. The fourth-order valence-electron chi connectivity index (χ4n) is 1.81. The summed E-state index contributed by atoms with van der Waals surface area (Å²) in [7, 11) is 0. The fraction of sp³-hybridized carbons (Fsp3) is 0.214. The minimum atomic E-state index is -0.734. The highest BCUT2D eigenvalue weighted by molar-refractivity contribution is 5.82. The SMILES string of the molecule is NC(=O)OCCNCc1ccc2ccccc2c1. The van der Waals surface area contributed by atoms with Crippen LogP contribution in [-0.4, -0.2) is 19.2 Å². The molecule has 0 atom stereocenters. The maximum absolute atomic E-state index is 10.4. The Balaban J connectivity index is 1.86. The second kappa shape index (κ2) is 6.02. The highest BCUT2D eigenvalue weighted by atomic mass is 16.5. The van der Waals surface area contributed by atoms with Crippen LogP contribution in [-0.2, 0) is 11.3 Å². The van der Waals surface area contributed by atoms with Gasteiger partial charge in [0.25, 0.3) is 0 Å². The number of benzene rings is 2. The van der Waals surface area contributed by atoms with Crippen LogP contribution >= 0.6 is 0 Å². The average molecular weight is 244 g/mol. The molecule has 0 unspecified atom stereocenters. The summed E-state index contributed by atoms with van der Waals surface area (Å²) in [5.74, 6) is 0. The van der Waals surface area contributed by atoms with Crippen molar-refractivity contribution in [1.29, 1.82) is 0 Å². The Labute approximate surface area is 106 Å². The molecule has 0 bridgehead atoms. The van der Waals surface area contributed by atoms with Crippen molar-refractivity contribution in [3.05, 3.63) is 48.0 Å². The van der Waals surface area contributed by atoms with Crippen LogP contribution in [0.1, 0.15) is 5.56 Å². The Morgan fingerprint density at radius 2 is 1.94 bits per heavy atom. The molecule has 0 aliphatic carbocycles. The first-order chi connectivity index (χ1) is 8.75. The van der Waals surface area contributed by atoms with Gasteiger partial charge in [0.15, 0.2) is 0 Å². The predicted octanol–water partition coefficient (Wildman–Crippen LogP) is 2.02. The zero-order valence-corrected chi connectivity index (χ0v) is 10.1. The summed E-state index contributed by atoms with van der Waals surface area (Å²) in [5, 5.41) is 5.65. The van der Waals surface area contributed by atoms with Crippen molar-refractivity contribution in [2.24, 2.45) is 5.73 Å². The van der Waals surface area contributed by atoms with Gasteiger partial charge < -0.3 is 15.8 Å². The van der Waals surface area contributed by atoms with E-state index in [1.165, 1.54) is 16.3 Å². The summed E-state index contributed by atoms with van der Waals surface area (Å²) in [4.78, 5) is 10.4. The molecule has 3 N–H and O–H groups in total. The number of ether oxygens (including phenoxy) is 1. The van der Waals surface area contributed by atoms with Gasteiger partial charge in [0.2, 0.25) is 0 Å². The standard InChI is InChI=1S/C14H16N2O2/c15-14(17)18-8-7-16-10-11-5-6-12-3-1-2-4-13(12)9-11/h1-6,9,16H,7-8,10H2,(H2,15,17). The molecule has 1 amide bonds. The topological polar surface area (TPSA) is 64.4 Å². The van der Waals surface area contributed by atoms with Crippen LogP contribution in [0.5, 0.6) is 0 Å². The van der Waals surface area contributed by atoms with Crippen LogP contribution in [0, 0.1) is 0 Å². The zero-order valence-electron chi connectivity index (χ0n) is 10.1. The molecule has 0 aliphatic rings. The van der Waals surface area contributed by atoms with Gasteiger partial charge >= 0.3 is 6.09 Å². The molecule has 0 spiro atoms. The van der Waals surface area contributed by atoms with Gasteiger partial charge in [-0.05, 0) is 22.4 Å². The van der Waals surface area contributed by atoms with Gasteiger partial charge in [0, 0.05) is 13.1 Å². The van der Waals surface area contributed by atoms with E-state index < -0.39 is 6.09 Å². The smallest absolute Gasteiger partial charge is 0.404 e. The van der Waals surface area contributed by atoms with Gasteiger partial charge in [-0.3, -0.25) is 0 Å². The molecule has 0 aromatic heterocycles. The number of nitrogens with one attached hydrogen (secondary N) is 1. The molecule has 2 aromatic rings. The lowest BCUT2D eigenvalue weighted by atomic mass is 10.1. The molecule has 0 aliphatic heterocycles. The van der Waals surface area contributed by atoms with Crippen molar-refractivity contribution >= 4 is 16.9 Å². The number of primary amides is 1. The number of carbonyl (C=O) groups is 1. The molecule has 94 valence electrons. The normalized spacial score (nSPS) is 10.4. The zero-order chi connectivity index (χ0) is 12.8. The Bertz CT molecular complexity index is 540. The summed E-state index contributed by atoms with van der Waals surface area (Å²) in [6.07, 6.45) is -0.734. The van der Waals surface area contributed by atoms with Crippen LogP contribution in [0.4, 0.5) is 4.79 Å². The van der Waals surface area contributed by atoms with Crippen molar-refractivity contribution < 1.29 is 9.53 Å². The summed E-state index contributed by atoms with van der Waals surface area (Å²) in [6, 6.07) is 14.6. The summed E-state index contributed by atoms with van der Waals surface area (Å²) < 4.78 is 4.63. The molecule has 0 radical (unpaired) electrons. The van der Waals surface area contributed by atoms with Crippen LogP contribution in [0.25, 0.3) is 10.8 Å². The fourth-order valence-corrected chi connectivity index (χ4v) is 1.81. The van der Waals surface area contributed by atoms with Gasteiger partial charge in [-0.1, -0.05) is 36.4 Å². The van der Waals surface area contributed by atoms with Crippen molar-refractivity contribution in [1.82, 2.24) is 5.32 Å². The molecule has 2 aromatic carbocycles. The maximum atomic E-state index is 10.4. The third-order valence-electron chi connectivity index (χ3n) is 2.67. The van der Waals surface area contributed by atoms with E-state index in [0.717, 1.165) is 6.54 Å². The number of fused-ring (bicyclic) bond motifs is 1. The van der Waals surface area contributed by atoms with E-state index in [2.05, 4.69) is 40.4 Å². The summed E-state index contributed by atoms with van der Waals surface area (Å²) >= 11 is 0. The van der Waals surface area contributed by atoms with Gasteiger partial charge in [0.1, 0.15) is 6.61 Å². The van der Waals surface area contributed by atoms with E-state index in [-0.39, 0.29) is 0 Å². The van der Waals surface area contributed by atoms with Gasteiger partial charge in [0.05, 0.1) is 0 Å². The van der Waals surface area contributed by atoms with Crippen molar-refractivity contribution in [2.75, 3.05) is 13.2 Å². The number of hydrogen-bond donors (Lipinski definition) is 2. The first-order valence-electron chi connectivity index (χ1n) is 5.86. The molecule has 4 heteroatoms. The van der Waals surface area contributed by atoms with E-state index in [1.54, 1.807) is 0 Å². The molecule has 0 saturated carbocycles. The largest absolute Gasteiger partial charge is 0.448 e. The minimum absolute atomic E-state index is 0.295. The predicted molar refractivity (Wildman–Crippen MR) is 71.2 cm³/mol. The molecule has 0 fully saturated rings. The van der Waals surface area contributed by atoms with E-state index in [9.17, 15) is 4.79 Å². The number of amides is 1. The monoisotopic (exact) mass is 244 g/mol. The van der Waals surface area contributed by atoms with Crippen molar-refractivity contribution in [3.8, 4) is 0 Å². The number of rotatable bonds is 5. The van der Waals surface area contributed by atoms with Gasteiger partial charge in [-0.2, -0.15) is 0 Å². The Hall–Kier alpha value is -2.07. The molecular weight excluding hydrogens is 228 g/mol. The molecule has 4 nitrogen and oxygen atoms in total. The van der Waals surface area contributed by atoms with E-state index in [4.69, 9.17) is 5.73 Å². The second-order valence-corrected chi connectivity index (χ2v) is 4.03. The summed E-state index contributed by atoms with van der Waals surface area (Å²) in [6.45, 7) is 1.63. The Morgan fingerprint density at radius 3 is 2.72 bits per heavy atom. The van der Waals surface area contributed by atoms with Crippen LogP contribution in [0.3, 0.4) is 0 Å². The average Bonchev–Trinajstić information content (AvgIpc) is 2.38. The first kappa shape index (κ1) is 12.4. The van der Waals surface area contributed by atoms with Crippen LogP contribution < -0.4 is 11.1 Å². The van der Waals surface area contributed by atoms with E-state index >= 15 is 0 Å². The first-order valence-corrected chi connectivity index (χ1v) is 5.86. The Morgan fingerprint density at radius 1 is 1.17 bits per heavy atom. The van der Waals surface area contributed by atoms with E-state index in [0.29, 0.717) is 13.2 Å². The highest BCUT2D eigenvalue weighted by Crippen LogP contribution is 2.15. The lowest BCUT2D eigenvalue weighted by Gasteiger charge is -2.06. The van der Waals surface area contributed by atoms with Gasteiger partial charge in [-0.15, -0.1) is 0 Å². The lowest BCUT2D eigenvalue weighted by Crippen LogP contribution is -2.23. The third kappa shape index (κ3) is 3.46. The minimum Gasteiger partial charge on any atom is -0.448 e. The van der Waals surface area contributed by atoms with Crippen LogP contribution in [0.2, 0.25) is 0 Å².